The Morgan fingerprint density at radius 3 is 2.31 bits per heavy atom. The van der Waals surface area contributed by atoms with Crippen molar-refractivity contribution >= 4 is 28.3 Å². The van der Waals surface area contributed by atoms with Crippen molar-refractivity contribution in [2.24, 2.45) is 5.73 Å². The molecule has 0 bridgehead atoms. The first-order valence-electron chi connectivity index (χ1n) is 3.78. The van der Waals surface area contributed by atoms with Crippen LogP contribution < -0.4 is 5.73 Å². The van der Waals surface area contributed by atoms with Crippen LogP contribution >= 0.6 is 24.0 Å². The molecule has 66 valence electrons. The molecule has 0 amide bonds. The minimum absolute atomic E-state index is 0. The van der Waals surface area contributed by atoms with Gasteiger partial charge in [0.2, 0.25) is 0 Å². The van der Waals surface area contributed by atoms with Crippen LogP contribution in [0.2, 0.25) is 0 Å². The molecule has 1 rings (SSSR count). The number of hydrogen-bond donors (Lipinski definition) is 1. The molecule has 0 radical (unpaired) electrons. The zero-order valence-electron chi connectivity index (χ0n) is 7.62. The Hall–Kier alpha value is 0.0834. The minimum Gasteiger partial charge on any atom is -0.384 e. The maximum Gasteiger partial charge on any atom is 0.135 e. The van der Waals surface area contributed by atoms with Gasteiger partial charge in [-0.15, -0.1) is 0 Å². The van der Waals surface area contributed by atoms with E-state index in [0.29, 0.717) is 4.32 Å². The second-order valence-corrected chi connectivity index (χ2v) is 4.23. The van der Waals surface area contributed by atoms with Crippen molar-refractivity contribution in [3.8, 4) is 0 Å². The molecule has 0 atom stereocenters. The molecule has 4 heteroatoms. The van der Waals surface area contributed by atoms with E-state index < -0.39 is 0 Å². The van der Waals surface area contributed by atoms with Gasteiger partial charge in [-0.1, -0.05) is 43.0 Å². The van der Waals surface area contributed by atoms with Crippen LogP contribution in [0, 0.1) is 0 Å². The third-order valence-corrected chi connectivity index (χ3v) is 2.51. The van der Waals surface area contributed by atoms with E-state index in [-0.39, 0.29) is 19.5 Å². The predicted molar refractivity (Wildman–Crippen MR) is 58.5 cm³/mol. The fourth-order valence-corrected chi connectivity index (χ4v) is 1.70. The van der Waals surface area contributed by atoms with Gasteiger partial charge in [-0.05, 0) is 24.1 Å². The average molecular weight is 263 g/mol. The Labute approximate surface area is 101 Å². The Balaban J connectivity index is 0.00000144. The number of aryl methyl sites for hydroxylation is 1. The molecule has 1 aromatic rings. The molecule has 13 heavy (non-hydrogen) atoms. The van der Waals surface area contributed by atoms with E-state index in [2.05, 4.69) is 19.1 Å². The molecule has 0 saturated carbocycles. The van der Waals surface area contributed by atoms with Crippen LogP contribution in [0.3, 0.4) is 0 Å². The van der Waals surface area contributed by atoms with Crippen molar-refractivity contribution in [1.82, 2.24) is 0 Å². The minimum atomic E-state index is 0. The topological polar surface area (TPSA) is 26.0 Å². The summed E-state index contributed by atoms with van der Waals surface area (Å²) in [6.07, 6.45) is 1.07. The van der Waals surface area contributed by atoms with Crippen molar-refractivity contribution in [3.63, 3.8) is 0 Å². The van der Waals surface area contributed by atoms with E-state index in [0.717, 1.165) is 11.3 Å². The van der Waals surface area contributed by atoms with Crippen molar-refractivity contribution < 1.29 is 19.5 Å². The first kappa shape index (κ1) is 13.1. The summed E-state index contributed by atoms with van der Waals surface area (Å²) in [6.45, 7) is 2.13. The van der Waals surface area contributed by atoms with Crippen LogP contribution in [0.15, 0.2) is 29.2 Å². The first-order valence-corrected chi connectivity index (χ1v) is 5.01. The van der Waals surface area contributed by atoms with Gasteiger partial charge in [-0.3, -0.25) is 0 Å². The van der Waals surface area contributed by atoms with Gasteiger partial charge >= 0.3 is 0 Å². The molecule has 0 aromatic heterocycles. The van der Waals surface area contributed by atoms with Crippen LogP contribution in [0.1, 0.15) is 12.5 Å². The summed E-state index contributed by atoms with van der Waals surface area (Å²) in [5, 5.41) is 0. The van der Waals surface area contributed by atoms with Gasteiger partial charge in [0, 0.05) is 24.4 Å². The van der Waals surface area contributed by atoms with E-state index in [9.17, 15) is 0 Å². The van der Waals surface area contributed by atoms with E-state index in [1.807, 2.05) is 12.1 Å². The van der Waals surface area contributed by atoms with E-state index in [4.69, 9.17) is 18.0 Å². The molecule has 0 saturated heterocycles. The largest absolute Gasteiger partial charge is 0.384 e. The SMILES string of the molecule is CCc1ccc(SC(N)=S)cc1.[Zn]. The molecule has 0 aliphatic carbocycles. The number of thiocarbonyl (C=S) groups is 1. The summed E-state index contributed by atoms with van der Waals surface area (Å²) in [5.74, 6) is 0. The summed E-state index contributed by atoms with van der Waals surface area (Å²) in [4.78, 5) is 1.11. The molecule has 0 spiro atoms. The van der Waals surface area contributed by atoms with Crippen molar-refractivity contribution in [2.45, 2.75) is 18.2 Å². The van der Waals surface area contributed by atoms with Gasteiger partial charge in [0.25, 0.3) is 0 Å². The van der Waals surface area contributed by atoms with E-state index >= 15 is 0 Å². The third-order valence-electron chi connectivity index (χ3n) is 1.55. The summed E-state index contributed by atoms with van der Waals surface area (Å²) >= 11 is 6.21. The maximum absolute atomic E-state index is 5.39. The molecule has 1 nitrogen and oxygen atoms in total. The fraction of sp³-hybridized carbons (Fsp3) is 0.222. The number of nitrogens with two attached hydrogens (primary N) is 1. The van der Waals surface area contributed by atoms with Gasteiger partial charge < -0.3 is 5.73 Å². The zero-order chi connectivity index (χ0) is 8.97. The Morgan fingerprint density at radius 1 is 1.38 bits per heavy atom. The molecule has 2 N–H and O–H groups in total. The van der Waals surface area contributed by atoms with E-state index in [1.165, 1.54) is 17.3 Å². The maximum atomic E-state index is 5.39. The molecule has 0 aliphatic heterocycles. The van der Waals surface area contributed by atoms with Crippen molar-refractivity contribution in [2.75, 3.05) is 0 Å². The average Bonchev–Trinajstić information content (AvgIpc) is 2.05. The Bertz CT molecular complexity index is 271. The van der Waals surface area contributed by atoms with Crippen LogP contribution in [0.4, 0.5) is 0 Å². The van der Waals surface area contributed by atoms with Gasteiger partial charge in [0.05, 0.1) is 0 Å². The standard InChI is InChI=1S/C9H11NS2.Zn/c1-2-7-3-5-8(6-4-7)12-9(10)11;/h3-6H,2H2,1H3,(H2,10,11);. The van der Waals surface area contributed by atoms with Gasteiger partial charge in [0.15, 0.2) is 0 Å². The van der Waals surface area contributed by atoms with Crippen molar-refractivity contribution in [3.05, 3.63) is 29.8 Å². The molecule has 0 unspecified atom stereocenters. The number of rotatable bonds is 2. The summed E-state index contributed by atoms with van der Waals surface area (Å²) < 4.78 is 0.472. The summed E-state index contributed by atoms with van der Waals surface area (Å²) in [7, 11) is 0. The molecular weight excluding hydrogens is 252 g/mol. The second kappa shape index (κ2) is 6.52. The number of hydrogen-bond acceptors (Lipinski definition) is 2. The smallest absolute Gasteiger partial charge is 0.135 e. The second-order valence-electron chi connectivity index (χ2n) is 2.42. The Morgan fingerprint density at radius 2 is 1.92 bits per heavy atom. The van der Waals surface area contributed by atoms with Crippen LogP contribution in [-0.2, 0) is 25.9 Å². The molecule has 0 fully saturated rings. The summed E-state index contributed by atoms with van der Waals surface area (Å²) in [6, 6.07) is 8.28. The van der Waals surface area contributed by atoms with Crippen LogP contribution in [-0.4, -0.2) is 4.32 Å². The van der Waals surface area contributed by atoms with Crippen molar-refractivity contribution in [1.29, 1.82) is 0 Å². The quantitative estimate of drug-likeness (QED) is 0.504. The number of thioether (sulfide) groups is 1. The first-order chi connectivity index (χ1) is 5.72. The van der Waals surface area contributed by atoms with Crippen LogP contribution in [0.5, 0.6) is 0 Å². The predicted octanol–water partition coefficient (Wildman–Crippen LogP) is 2.58. The van der Waals surface area contributed by atoms with Gasteiger partial charge in [-0.2, -0.15) is 0 Å². The normalized spacial score (nSPS) is 9.00. The summed E-state index contributed by atoms with van der Waals surface area (Å²) in [5.41, 5.74) is 6.72. The number of benzene rings is 1. The third kappa shape index (κ3) is 4.75. The van der Waals surface area contributed by atoms with Crippen LogP contribution in [0.25, 0.3) is 0 Å². The Kier molecular flexibility index (Phi) is 6.57. The fourth-order valence-electron chi connectivity index (χ4n) is 0.909. The van der Waals surface area contributed by atoms with Gasteiger partial charge in [0.1, 0.15) is 4.32 Å². The zero-order valence-corrected chi connectivity index (χ0v) is 12.2. The van der Waals surface area contributed by atoms with E-state index in [1.54, 1.807) is 0 Å². The monoisotopic (exact) mass is 261 g/mol. The molecule has 0 aliphatic rings. The molecule has 0 heterocycles. The molecule has 1 aromatic carbocycles. The molecular formula is C9H11NS2Zn. The van der Waals surface area contributed by atoms with Gasteiger partial charge in [-0.25, -0.2) is 0 Å².